The van der Waals surface area contributed by atoms with Crippen molar-refractivity contribution in [1.29, 1.82) is 0 Å². The topological polar surface area (TPSA) is 78.4 Å². The zero-order chi connectivity index (χ0) is 14.3. The normalized spacial score (nSPS) is 11.6. The fourth-order valence-corrected chi connectivity index (χ4v) is 2.51. The summed E-state index contributed by atoms with van der Waals surface area (Å²) in [6.07, 6.45) is 2.58. The summed E-state index contributed by atoms with van der Waals surface area (Å²) in [6, 6.07) is 0.605. The lowest BCUT2D eigenvalue weighted by Crippen LogP contribution is -2.45. The van der Waals surface area contributed by atoms with Crippen LogP contribution in [-0.2, 0) is 17.8 Å². The maximum atomic E-state index is 11.6. The molecule has 0 saturated carbocycles. The van der Waals surface area contributed by atoms with E-state index in [2.05, 4.69) is 24.1 Å². The summed E-state index contributed by atoms with van der Waals surface area (Å²) in [7, 11) is 0. The average Bonchev–Trinajstić information content (AvgIpc) is 2.83. The second-order valence-corrected chi connectivity index (χ2v) is 4.97. The lowest BCUT2D eigenvalue weighted by molar-refractivity contribution is -0.139. The maximum Gasteiger partial charge on any atom is 0.326 e. The van der Waals surface area contributed by atoms with Crippen molar-refractivity contribution in [3.8, 4) is 0 Å². The first kappa shape index (κ1) is 15.2. The minimum absolute atomic E-state index is 0.196. The van der Waals surface area contributed by atoms with Crippen LogP contribution in [0.3, 0.4) is 0 Å². The van der Waals surface area contributed by atoms with Crippen LogP contribution in [0, 0.1) is 0 Å². The minimum atomic E-state index is -1.07. The summed E-state index contributed by atoms with van der Waals surface area (Å²) in [6.45, 7) is 5.93. The van der Waals surface area contributed by atoms with Crippen molar-refractivity contribution in [3.05, 3.63) is 34.5 Å². The standard InChI is InChI=1S/C13H18N2O3S/c1-3-5-10(12(16)17)15-13(18)14-8-11-9(4-2)6-7-19-11/h3,6-7,10H,1,4-5,8H2,2H3,(H,16,17)(H2,14,15,18). The SMILES string of the molecule is C=CCC(NC(=O)NCc1sccc1CC)C(=O)O. The van der Waals surface area contributed by atoms with Crippen LogP contribution < -0.4 is 10.6 Å². The Labute approximate surface area is 116 Å². The highest BCUT2D eigenvalue weighted by atomic mass is 32.1. The highest BCUT2D eigenvalue weighted by molar-refractivity contribution is 7.10. The van der Waals surface area contributed by atoms with Crippen molar-refractivity contribution in [2.24, 2.45) is 0 Å². The van der Waals surface area contributed by atoms with Gasteiger partial charge in [0.1, 0.15) is 6.04 Å². The molecule has 0 spiro atoms. The van der Waals surface area contributed by atoms with Crippen molar-refractivity contribution >= 4 is 23.3 Å². The van der Waals surface area contributed by atoms with Crippen molar-refractivity contribution in [2.45, 2.75) is 32.4 Å². The van der Waals surface area contributed by atoms with E-state index in [1.54, 1.807) is 11.3 Å². The Morgan fingerprint density at radius 1 is 1.58 bits per heavy atom. The lowest BCUT2D eigenvalue weighted by Gasteiger charge is -2.13. The Morgan fingerprint density at radius 2 is 2.32 bits per heavy atom. The van der Waals surface area contributed by atoms with E-state index in [-0.39, 0.29) is 6.42 Å². The third kappa shape index (κ3) is 4.75. The number of hydrogen-bond acceptors (Lipinski definition) is 3. The van der Waals surface area contributed by atoms with Crippen LogP contribution in [0.15, 0.2) is 24.1 Å². The number of carbonyl (C=O) groups is 2. The molecule has 0 aliphatic rings. The van der Waals surface area contributed by atoms with Crippen LogP contribution in [0.5, 0.6) is 0 Å². The Balaban J connectivity index is 2.47. The molecule has 104 valence electrons. The molecule has 2 amide bonds. The largest absolute Gasteiger partial charge is 0.480 e. The molecule has 0 aromatic carbocycles. The van der Waals surface area contributed by atoms with E-state index in [0.717, 1.165) is 11.3 Å². The molecular weight excluding hydrogens is 264 g/mol. The summed E-state index contributed by atoms with van der Waals surface area (Å²) < 4.78 is 0. The van der Waals surface area contributed by atoms with Gasteiger partial charge in [0, 0.05) is 4.88 Å². The van der Waals surface area contributed by atoms with Gasteiger partial charge in [-0.15, -0.1) is 17.9 Å². The predicted octanol–water partition coefficient (Wildman–Crippen LogP) is 2.14. The van der Waals surface area contributed by atoms with Gasteiger partial charge in [-0.25, -0.2) is 9.59 Å². The summed E-state index contributed by atoms with van der Waals surface area (Å²) in [5, 5.41) is 15.9. The molecule has 0 radical (unpaired) electrons. The van der Waals surface area contributed by atoms with Gasteiger partial charge in [-0.05, 0) is 29.9 Å². The molecule has 0 aliphatic heterocycles. The first-order valence-electron chi connectivity index (χ1n) is 6.01. The molecule has 1 heterocycles. The molecule has 1 unspecified atom stereocenters. The van der Waals surface area contributed by atoms with Crippen LogP contribution in [-0.4, -0.2) is 23.1 Å². The third-order valence-corrected chi connectivity index (χ3v) is 3.60. The summed E-state index contributed by atoms with van der Waals surface area (Å²) in [5.41, 5.74) is 1.20. The van der Waals surface area contributed by atoms with Gasteiger partial charge in [0.15, 0.2) is 0 Å². The van der Waals surface area contributed by atoms with Crippen LogP contribution in [0.2, 0.25) is 0 Å². The van der Waals surface area contributed by atoms with Gasteiger partial charge in [0.2, 0.25) is 0 Å². The van der Waals surface area contributed by atoms with E-state index in [1.165, 1.54) is 11.6 Å². The molecule has 0 saturated heterocycles. The van der Waals surface area contributed by atoms with Crippen LogP contribution in [0.25, 0.3) is 0 Å². The second kappa shape index (κ2) is 7.58. The Morgan fingerprint density at radius 3 is 2.89 bits per heavy atom. The fraction of sp³-hybridized carbons (Fsp3) is 0.385. The zero-order valence-electron chi connectivity index (χ0n) is 10.8. The first-order chi connectivity index (χ1) is 9.08. The molecule has 0 aliphatic carbocycles. The number of hydrogen-bond donors (Lipinski definition) is 3. The summed E-state index contributed by atoms with van der Waals surface area (Å²) in [5.74, 6) is -1.07. The molecular formula is C13H18N2O3S. The first-order valence-corrected chi connectivity index (χ1v) is 6.89. The number of rotatable bonds is 7. The third-order valence-electron chi connectivity index (χ3n) is 2.63. The molecule has 0 fully saturated rings. The highest BCUT2D eigenvalue weighted by Crippen LogP contribution is 2.16. The summed E-state index contributed by atoms with van der Waals surface area (Å²) >= 11 is 1.58. The minimum Gasteiger partial charge on any atom is -0.480 e. The van der Waals surface area contributed by atoms with Crippen LogP contribution in [0.4, 0.5) is 4.79 Å². The fourth-order valence-electron chi connectivity index (χ4n) is 1.60. The maximum absolute atomic E-state index is 11.6. The Kier molecular flexibility index (Phi) is 6.08. The number of aryl methyl sites for hydroxylation is 1. The predicted molar refractivity (Wildman–Crippen MR) is 75.3 cm³/mol. The zero-order valence-corrected chi connectivity index (χ0v) is 11.6. The second-order valence-electron chi connectivity index (χ2n) is 3.96. The quantitative estimate of drug-likeness (QED) is 0.670. The van der Waals surface area contributed by atoms with Crippen molar-refractivity contribution in [1.82, 2.24) is 10.6 Å². The molecule has 0 bridgehead atoms. The Bertz CT molecular complexity index is 456. The monoisotopic (exact) mass is 282 g/mol. The van der Waals surface area contributed by atoms with Crippen LogP contribution in [0.1, 0.15) is 23.8 Å². The van der Waals surface area contributed by atoms with Gasteiger partial charge >= 0.3 is 12.0 Å². The van der Waals surface area contributed by atoms with Gasteiger partial charge in [0.25, 0.3) is 0 Å². The smallest absolute Gasteiger partial charge is 0.326 e. The van der Waals surface area contributed by atoms with Crippen molar-refractivity contribution in [2.75, 3.05) is 0 Å². The number of thiophene rings is 1. The molecule has 1 aromatic heterocycles. The molecule has 1 atom stereocenters. The van der Waals surface area contributed by atoms with Crippen molar-refractivity contribution in [3.63, 3.8) is 0 Å². The molecule has 1 aromatic rings. The Hall–Kier alpha value is -1.82. The average molecular weight is 282 g/mol. The van der Waals surface area contributed by atoms with Crippen LogP contribution >= 0.6 is 11.3 Å². The number of carboxylic acid groups (broad SMARTS) is 1. The van der Waals surface area contributed by atoms with Gasteiger partial charge in [-0.2, -0.15) is 0 Å². The number of carboxylic acids is 1. The van der Waals surface area contributed by atoms with E-state index < -0.39 is 18.0 Å². The molecule has 1 rings (SSSR count). The number of urea groups is 1. The van der Waals surface area contributed by atoms with Crippen molar-refractivity contribution < 1.29 is 14.7 Å². The molecule has 3 N–H and O–H groups in total. The van der Waals surface area contributed by atoms with Gasteiger partial charge in [-0.1, -0.05) is 13.0 Å². The van der Waals surface area contributed by atoms with E-state index in [1.807, 2.05) is 11.4 Å². The molecule has 6 heteroatoms. The van der Waals surface area contributed by atoms with Gasteiger partial charge in [0.05, 0.1) is 6.54 Å². The van der Waals surface area contributed by atoms with E-state index >= 15 is 0 Å². The number of carbonyl (C=O) groups excluding carboxylic acids is 1. The summed E-state index contributed by atoms with van der Waals surface area (Å²) in [4.78, 5) is 23.6. The van der Waals surface area contributed by atoms with E-state index in [4.69, 9.17) is 5.11 Å². The number of nitrogens with one attached hydrogen (secondary N) is 2. The van der Waals surface area contributed by atoms with E-state index in [0.29, 0.717) is 6.54 Å². The highest BCUT2D eigenvalue weighted by Gasteiger charge is 2.18. The molecule has 19 heavy (non-hydrogen) atoms. The molecule has 5 nitrogen and oxygen atoms in total. The lowest BCUT2D eigenvalue weighted by atomic mass is 10.2. The van der Waals surface area contributed by atoms with Gasteiger partial charge in [-0.3, -0.25) is 0 Å². The van der Waals surface area contributed by atoms with Gasteiger partial charge < -0.3 is 15.7 Å². The number of amides is 2. The number of aliphatic carboxylic acids is 1. The van der Waals surface area contributed by atoms with E-state index in [9.17, 15) is 9.59 Å².